The Morgan fingerprint density at radius 2 is 1.76 bits per heavy atom. The van der Waals surface area contributed by atoms with Crippen LogP contribution in [0.3, 0.4) is 0 Å². The Morgan fingerprint density at radius 3 is 2.33 bits per heavy atom. The fourth-order valence-electron chi connectivity index (χ4n) is 1.86. The number of sulfonamides is 1. The first-order valence-electron chi connectivity index (χ1n) is 7.47. The molecule has 0 aromatic heterocycles. The van der Waals surface area contributed by atoms with Gasteiger partial charge in [-0.2, -0.15) is 0 Å². The third kappa shape index (κ3) is 6.56. The normalized spacial score (nSPS) is 12.0. The molecular formula is C15H27N3O2S. The van der Waals surface area contributed by atoms with E-state index in [2.05, 4.69) is 21.9 Å². The lowest BCUT2D eigenvalue weighted by Gasteiger charge is -2.14. The summed E-state index contributed by atoms with van der Waals surface area (Å²) in [6, 6.07) is 7.11. The van der Waals surface area contributed by atoms with E-state index in [1.165, 1.54) is 0 Å². The minimum absolute atomic E-state index is 0.328. The molecule has 0 fully saturated rings. The molecule has 0 aliphatic carbocycles. The van der Waals surface area contributed by atoms with E-state index in [0.717, 1.165) is 31.6 Å². The SMILES string of the molecule is CCNCCc1ccc(S(=O)(=O)NCCN(C)CC)cc1. The Balaban J connectivity index is 2.54. The van der Waals surface area contributed by atoms with Crippen LogP contribution < -0.4 is 10.0 Å². The van der Waals surface area contributed by atoms with Crippen LogP contribution in [-0.4, -0.2) is 53.1 Å². The van der Waals surface area contributed by atoms with Gasteiger partial charge in [0.05, 0.1) is 4.90 Å². The first-order valence-corrected chi connectivity index (χ1v) is 8.95. The van der Waals surface area contributed by atoms with Crippen LogP contribution in [0.25, 0.3) is 0 Å². The quantitative estimate of drug-likeness (QED) is 0.634. The van der Waals surface area contributed by atoms with Gasteiger partial charge < -0.3 is 10.2 Å². The Hall–Kier alpha value is -0.950. The van der Waals surface area contributed by atoms with Crippen molar-refractivity contribution < 1.29 is 8.42 Å². The molecular weight excluding hydrogens is 286 g/mol. The molecule has 0 atom stereocenters. The molecule has 0 saturated carbocycles. The molecule has 0 amide bonds. The second-order valence-electron chi connectivity index (χ2n) is 5.04. The number of nitrogens with one attached hydrogen (secondary N) is 2. The van der Waals surface area contributed by atoms with E-state index in [-0.39, 0.29) is 0 Å². The highest BCUT2D eigenvalue weighted by Gasteiger charge is 2.13. The Morgan fingerprint density at radius 1 is 1.10 bits per heavy atom. The van der Waals surface area contributed by atoms with Crippen molar-refractivity contribution in [3.63, 3.8) is 0 Å². The van der Waals surface area contributed by atoms with Gasteiger partial charge in [0.15, 0.2) is 0 Å². The predicted octanol–water partition coefficient (Wildman–Crippen LogP) is 1.07. The lowest BCUT2D eigenvalue weighted by molar-refractivity contribution is 0.358. The molecule has 0 aliphatic rings. The number of nitrogens with zero attached hydrogens (tertiary/aromatic N) is 1. The molecule has 1 aromatic rings. The Bertz CT molecular complexity index is 500. The molecule has 0 bridgehead atoms. The van der Waals surface area contributed by atoms with Crippen molar-refractivity contribution in [1.29, 1.82) is 0 Å². The summed E-state index contributed by atoms with van der Waals surface area (Å²) in [5.74, 6) is 0. The maximum atomic E-state index is 12.1. The van der Waals surface area contributed by atoms with Gasteiger partial charge in [0.2, 0.25) is 10.0 Å². The Kier molecular flexibility index (Phi) is 7.88. The third-order valence-electron chi connectivity index (χ3n) is 3.40. The summed E-state index contributed by atoms with van der Waals surface area (Å²) in [5, 5.41) is 3.25. The number of hydrogen-bond acceptors (Lipinski definition) is 4. The van der Waals surface area contributed by atoms with Gasteiger partial charge in [0, 0.05) is 13.1 Å². The molecule has 0 unspecified atom stereocenters. The van der Waals surface area contributed by atoms with Crippen molar-refractivity contribution >= 4 is 10.0 Å². The maximum absolute atomic E-state index is 12.1. The van der Waals surface area contributed by atoms with Gasteiger partial charge in [-0.3, -0.25) is 0 Å². The van der Waals surface area contributed by atoms with Crippen LogP contribution in [0.15, 0.2) is 29.2 Å². The lowest BCUT2D eigenvalue weighted by Crippen LogP contribution is -2.32. The van der Waals surface area contributed by atoms with Crippen molar-refractivity contribution in [3.05, 3.63) is 29.8 Å². The van der Waals surface area contributed by atoms with E-state index in [1.54, 1.807) is 12.1 Å². The molecule has 21 heavy (non-hydrogen) atoms. The summed E-state index contributed by atoms with van der Waals surface area (Å²) in [5.41, 5.74) is 1.14. The molecule has 0 heterocycles. The van der Waals surface area contributed by atoms with E-state index < -0.39 is 10.0 Å². The van der Waals surface area contributed by atoms with Crippen molar-refractivity contribution in [2.75, 3.05) is 39.8 Å². The molecule has 1 rings (SSSR count). The van der Waals surface area contributed by atoms with Crippen molar-refractivity contribution in [2.24, 2.45) is 0 Å². The molecule has 120 valence electrons. The van der Waals surface area contributed by atoms with Crippen LogP contribution in [0.4, 0.5) is 0 Å². The molecule has 2 N–H and O–H groups in total. The second kappa shape index (κ2) is 9.15. The van der Waals surface area contributed by atoms with E-state index in [4.69, 9.17) is 0 Å². The van der Waals surface area contributed by atoms with Gasteiger partial charge >= 0.3 is 0 Å². The summed E-state index contributed by atoms with van der Waals surface area (Å²) in [4.78, 5) is 2.39. The topological polar surface area (TPSA) is 61.4 Å². The van der Waals surface area contributed by atoms with Crippen LogP contribution in [0.2, 0.25) is 0 Å². The molecule has 0 radical (unpaired) electrons. The zero-order valence-electron chi connectivity index (χ0n) is 13.2. The lowest BCUT2D eigenvalue weighted by atomic mass is 10.1. The van der Waals surface area contributed by atoms with Gasteiger partial charge in [0.25, 0.3) is 0 Å². The zero-order valence-corrected chi connectivity index (χ0v) is 14.0. The summed E-state index contributed by atoms with van der Waals surface area (Å²) < 4.78 is 26.9. The first kappa shape index (κ1) is 18.1. The monoisotopic (exact) mass is 313 g/mol. The average Bonchev–Trinajstić information content (AvgIpc) is 2.47. The molecule has 0 aliphatic heterocycles. The van der Waals surface area contributed by atoms with E-state index in [9.17, 15) is 8.42 Å². The van der Waals surface area contributed by atoms with Crippen molar-refractivity contribution in [1.82, 2.24) is 14.9 Å². The summed E-state index contributed by atoms with van der Waals surface area (Å²) in [6.07, 6.45) is 0.906. The van der Waals surface area contributed by atoms with Crippen LogP contribution >= 0.6 is 0 Å². The number of hydrogen-bond donors (Lipinski definition) is 2. The van der Waals surface area contributed by atoms with Crippen LogP contribution in [0.5, 0.6) is 0 Å². The number of rotatable bonds is 10. The number of likely N-dealkylation sites (N-methyl/N-ethyl adjacent to an activating group) is 2. The maximum Gasteiger partial charge on any atom is 0.240 e. The van der Waals surface area contributed by atoms with Gasteiger partial charge in [-0.05, 0) is 50.8 Å². The Labute approximate surface area is 128 Å². The van der Waals surface area contributed by atoms with E-state index >= 15 is 0 Å². The van der Waals surface area contributed by atoms with E-state index in [1.807, 2.05) is 26.1 Å². The van der Waals surface area contributed by atoms with Crippen LogP contribution in [-0.2, 0) is 16.4 Å². The second-order valence-corrected chi connectivity index (χ2v) is 6.81. The van der Waals surface area contributed by atoms with Crippen LogP contribution in [0, 0.1) is 0 Å². The first-order chi connectivity index (χ1) is 9.99. The molecule has 1 aromatic carbocycles. The predicted molar refractivity (Wildman–Crippen MR) is 87.0 cm³/mol. The largest absolute Gasteiger partial charge is 0.317 e. The highest BCUT2D eigenvalue weighted by molar-refractivity contribution is 7.89. The van der Waals surface area contributed by atoms with Crippen molar-refractivity contribution in [3.8, 4) is 0 Å². The van der Waals surface area contributed by atoms with Gasteiger partial charge in [-0.15, -0.1) is 0 Å². The zero-order chi connectivity index (χ0) is 15.7. The average molecular weight is 313 g/mol. The third-order valence-corrected chi connectivity index (χ3v) is 4.88. The highest BCUT2D eigenvalue weighted by atomic mass is 32.2. The van der Waals surface area contributed by atoms with Gasteiger partial charge in [-0.25, -0.2) is 13.1 Å². The minimum Gasteiger partial charge on any atom is -0.317 e. The van der Waals surface area contributed by atoms with Crippen molar-refractivity contribution in [2.45, 2.75) is 25.2 Å². The minimum atomic E-state index is -3.40. The van der Waals surface area contributed by atoms with Crippen LogP contribution in [0.1, 0.15) is 19.4 Å². The molecule has 0 saturated heterocycles. The summed E-state index contributed by atoms with van der Waals surface area (Å²) >= 11 is 0. The van der Waals surface area contributed by atoms with Gasteiger partial charge in [-0.1, -0.05) is 26.0 Å². The number of benzene rings is 1. The summed E-state index contributed by atoms with van der Waals surface area (Å²) in [6.45, 7) is 8.00. The van der Waals surface area contributed by atoms with E-state index in [0.29, 0.717) is 18.0 Å². The standard InChI is InChI=1S/C15H27N3O2S/c1-4-16-11-10-14-6-8-15(9-7-14)21(19,20)17-12-13-18(3)5-2/h6-9,16-17H,4-5,10-13H2,1-3H3. The molecule has 0 spiro atoms. The summed E-state index contributed by atoms with van der Waals surface area (Å²) in [7, 11) is -1.43. The fourth-order valence-corrected chi connectivity index (χ4v) is 2.88. The molecule has 5 nitrogen and oxygen atoms in total. The molecule has 6 heteroatoms. The smallest absolute Gasteiger partial charge is 0.240 e. The highest BCUT2D eigenvalue weighted by Crippen LogP contribution is 2.10. The fraction of sp³-hybridized carbons (Fsp3) is 0.600. The van der Waals surface area contributed by atoms with Gasteiger partial charge in [0.1, 0.15) is 0 Å².